The molecule has 2 unspecified atom stereocenters. The lowest BCUT2D eigenvalue weighted by molar-refractivity contribution is -0.183. The highest BCUT2D eigenvalue weighted by molar-refractivity contribution is 5.17. The van der Waals surface area contributed by atoms with Crippen LogP contribution < -0.4 is 11.5 Å². The summed E-state index contributed by atoms with van der Waals surface area (Å²) < 4.78 is 0. The molecule has 118 valence electrons. The Morgan fingerprint density at radius 1 is 0.773 bits per heavy atom. The van der Waals surface area contributed by atoms with Crippen molar-refractivity contribution < 1.29 is 10.2 Å². The number of hydrogen-bond acceptors (Lipinski definition) is 4. The minimum Gasteiger partial charge on any atom is -0.364 e. The molecule has 0 saturated heterocycles. The molecule has 2 rings (SSSR count). The van der Waals surface area contributed by atoms with Gasteiger partial charge in [-0.25, -0.2) is 0 Å². The average molecular weight is 300 g/mol. The van der Waals surface area contributed by atoms with Gasteiger partial charge in [0.25, 0.3) is 0 Å². The van der Waals surface area contributed by atoms with Crippen LogP contribution in [0.5, 0.6) is 0 Å². The Balaban J connectivity index is 1.91. The molecule has 0 aliphatic rings. The molecule has 4 heteroatoms. The maximum atomic E-state index is 10.2. The second-order valence-corrected chi connectivity index (χ2v) is 5.83. The summed E-state index contributed by atoms with van der Waals surface area (Å²) in [6.45, 7) is 0. The molecule has 0 radical (unpaired) electrons. The van der Waals surface area contributed by atoms with Crippen LogP contribution in [0.1, 0.15) is 17.5 Å². The van der Waals surface area contributed by atoms with E-state index in [0.717, 1.165) is 11.1 Å². The summed E-state index contributed by atoms with van der Waals surface area (Å²) in [6, 6.07) is 18.2. The molecular formula is C18H24N2O2. The van der Waals surface area contributed by atoms with Crippen LogP contribution in [-0.2, 0) is 12.8 Å². The highest BCUT2D eigenvalue weighted by Crippen LogP contribution is 2.18. The fourth-order valence-corrected chi connectivity index (χ4v) is 2.56. The SMILES string of the molecule is NC(Cc1ccccc1)CC(O)(O)C(N)Cc1ccccc1. The van der Waals surface area contributed by atoms with Crippen molar-refractivity contribution in [2.45, 2.75) is 37.1 Å². The van der Waals surface area contributed by atoms with Crippen LogP contribution in [0.2, 0.25) is 0 Å². The van der Waals surface area contributed by atoms with E-state index in [0.29, 0.717) is 12.8 Å². The third kappa shape index (κ3) is 4.93. The van der Waals surface area contributed by atoms with E-state index in [1.165, 1.54) is 0 Å². The van der Waals surface area contributed by atoms with Crippen molar-refractivity contribution in [2.75, 3.05) is 0 Å². The summed E-state index contributed by atoms with van der Waals surface area (Å²) >= 11 is 0. The lowest BCUT2D eigenvalue weighted by atomic mass is 9.92. The van der Waals surface area contributed by atoms with Gasteiger partial charge in [0, 0.05) is 12.5 Å². The van der Waals surface area contributed by atoms with Crippen LogP contribution in [0.3, 0.4) is 0 Å². The van der Waals surface area contributed by atoms with Gasteiger partial charge in [-0.05, 0) is 24.0 Å². The molecule has 0 bridgehead atoms. The molecule has 0 amide bonds. The molecule has 0 aromatic heterocycles. The van der Waals surface area contributed by atoms with Crippen molar-refractivity contribution in [2.24, 2.45) is 11.5 Å². The van der Waals surface area contributed by atoms with Crippen LogP contribution in [0.15, 0.2) is 60.7 Å². The summed E-state index contributed by atoms with van der Waals surface area (Å²) in [5.74, 6) is -1.98. The summed E-state index contributed by atoms with van der Waals surface area (Å²) in [6.07, 6.45) is 1.02. The largest absolute Gasteiger partial charge is 0.364 e. The quantitative estimate of drug-likeness (QED) is 0.578. The molecule has 22 heavy (non-hydrogen) atoms. The molecule has 0 spiro atoms. The van der Waals surface area contributed by atoms with E-state index < -0.39 is 11.8 Å². The maximum absolute atomic E-state index is 10.2. The maximum Gasteiger partial charge on any atom is 0.179 e. The zero-order chi connectivity index (χ0) is 16.0. The van der Waals surface area contributed by atoms with E-state index in [-0.39, 0.29) is 12.5 Å². The topological polar surface area (TPSA) is 92.5 Å². The Hall–Kier alpha value is -1.72. The molecule has 0 aliphatic heterocycles. The monoisotopic (exact) mass is 300 g/mol. The minimum atomic E-state index is -1.98. The van der Waals surface area contributed by atoms with Crippen molar-refractivity contribution >= 4 is 0 Å². The summed E-state index contributed by atoms with van der Waals surface area (Å²) in [7, 11) is 0. The number of nitrogens with two attached hydrogens (primary N) is 2. The lowest BCUT2D eigenvalue weighted by Gasteiger charge is -2.31. The van der Waals surface area contributed by atoms with Crippen molar-refractivity contribution in [3.63, 3.8) is 0 Å². The number of hydrogen-bond donors (Lipinski definition) is 4. The zero-order valence-corrected chi connectivity index (χ0v) is 12.6. The van der Waals surface area contributed by atoms with Gasteiger partial charge in [0.05, 0.1) is 6.04 Å². The molecule has 0 fully saturated rings. The molecule has 0 saturated carbocycles. The van der Waals surface area contributed by atoms with Gasteiger partial charge in [-0.1, -0.05) is 60.7 Å². The van der Waals surface area contributed by atoms with E-state index >= 15 is 0 Å². The fraction of sp³-hybridized carbons (Fsp3) is 0.333. The Labute approximate surface area is 131 Å². The first-order valence-corrected chi connectivity index (χ1v) is 7.51. The Bertz CT molecular complexity index is 558. The second-order valence-electron chi connectivity index (χ2n) is 5.83. The van der Waals surface area contributed by atoms with E-state index in [2.05, 4.69) is 0 Å². The van der Waals surface area contributed by atoms with Gasteiger partial charge in [-0.3, -0.25) is 0 Å². The first kappa shape index (κ1) is 16.6. The summed E-state index contributed by atoms with van der Waals surface area (Å²) in [4.78, 5) is 0. The molecule has 2 aromatic carbocycles. The Morgan fingerprint density at radius 3 is 1.73 bits per heavy atom. The smallest absolute Gasteiger partial charge is 0.179 e. The first-order valence-electron chi connectivity index (χ1n) is 7.51. The van der Waals surface area contributed by atoms with Crippen LogP contribution in [0, 0.1) is 0 Å². The minimum absolute atomic E-state index is 0.0376. The molecule has 2 aromatic rings. The van der Waals surface area contributed by atoms with Gasteiger partial charge in [0.2, 0.25) is 0 Å². The number of rotatable bonds is 7. The van der Waals surface area contributed by atoms with Crippen LogP contribution in [0.25, 0.3) is 0 Å². The molecule has 4 nitrogen and oxygen atoms in total. The zero-order valence-electron chi connectivity index (χ0n) is 12.6. The molecular weight excluding hydrogens is 276 g/mol. The second kappa shape index (κ2) is 7.51. The standard InChI is InChI=1S/C18H24N2O2/c19-16(11-14-7-3-1-4-8-14)13-18(21,22)17(20)12-15-9-5-2-6-10-15/h1-10,16-17,21-22H,11-13,19-20H2. The third-order valence-corrected chi connectivity index (χ3v) is 3.80. The molecule has 6 N–H and O–H groups in total. The van der Waals surface area contributed by atoms with Gasteiger partial charge in [-0.2, -0.15) is 0 Å². The van der Waals surface area contributed by atoms with Crippen molar-refractivity contribution in [3.8, 4) is 0 Å². The average Bonchev–Trinajstić information content (AvgIpc) is 2.48. The van der Waals surface area contributed by atoms with E-state index in [1.54, 1.807) is 0 Å². The third-order valence-electron chi connectivity index (χ3n) is 3.80. The van der Waals surface area contributed by atoms with Crippen molar-refractivity contribution in [1.29, 1.82) is 0 Å². The first-order chi connectivity index (χ1) is 10.5. The lowest BCUT2D eigenvalue weighted by Crippen LogP contribution is -2.52. The van der Waals surface area contributed by atoms with Crippen LogP contribution >= 0.6 is 0 Å². The summed E-state index contributed by atoms with van der Waals surface area (Å²) in [5.41, 5.74) is 14.1. The van der Waals surface area contributed by atoms with Gasteiger partial charge >= 0.3 is 0 Å². The van der Waals surface area contributed by atoms with Gasteiger partial charge in [0.15, 0.2) is 5.79 Å². The molecule has 0 aliphatic carbocycles. The van der Waals surface area contributed by atoms with Crippen LogP contribution in [0.4, 0.5) is 0 Å². The Kier molecular flexibility index (Phi) is 5.69. The van der Waals surface area contributed by atoms with E-state index in [4.69, 9.17) is 11.5 Å². The van der Waals surface area contributed by atoms with E-state index in [9.17, 15) is 10.2 Å². The molecule has 2 atom stereocenters. The van der Waals surface area contributed by atoms with Gasteiger partial charge in [-0.15, -0.1) is 0 Å². The van der Waals surface area contributed by atoms with Gasteiger partial charge < -0.3 is 21.7 Å². The Morgan fingerprint density at radius 2 is 1.23 bits per heavy atom. The highest BCUT2D eigenvalue weighted by Gasteiger charge is 2.33. The summed E-state index contributed by atoms with van der Waals surface area (Å²) in [5, 5.41) is 20.5. The van der Waals surface area contributed by atoms with Crippen LogP contribution in [-0.4, -0.2) is 28.1 Å². The highest BCUT2D eigenvalue weighted by atomic mass is 16.5. The van der Waals surface area contributed by atoms with Crippen molar-refractivity contribution in [3.05, 3.63) is 71.8 Å². The normalized spacial score (nSPS) is 14.5. The fourth-order valence-electron chi connectivity index (χ4n) is 2.56. The van der Waals surface area contributed by atoms with Crippen molar-refractivity contribution in [1.82, 2.24) is 0 Å². The molecule has 0 heterocycles. The van der Waals surface area contributed by atoms with Gasteiger partial charge in [0.1, 0.15) is 0 Å². The predicted molar refractivity (Wildman–Crippen MR) is 88.0 cm³/mol. The van der Waals surface area contributed by atoms with E-state index in [1.807, 2.05) is 60.7 Å². The number of benzene rings is 2. The predicted octanol–water partition coefficient (Wildman–Crippen LogP) is 1.20. The number of aliphatic hydroxyl groups is 2.